The number of benzene rings is 1. The topological polar surface area (TPSA) is 91.8 Å². The molecule has 0 radical (unpaired) electrons. The molecule has 0 spiro atoms. The zero-order valence-electron chi connectivity index (χ0n) is 24.8. The first-order valence-electron chi connectivity index (χ1n) is 14.7. The van der Waals surface area contributed by atoms with Crippen LogP contribution in [-0.2, 0) is 22.5 Å². The number of ether oxygens (including phenoxy) is 1. The minimum atomic E-state index is -0.271. The summed E-state index contributed by atoms with van der Waals surface area (Å²) in [4.78, 5) is 47.2. The number of nitrogens with zero attached hydrogens (tertiary/aromatic N) is 6. The number of piperazine rings is 1. The number of aromatic nitrogens is 3. The number of carbonyl (C=O) groups is 2. The minimum absolute atomic E-state index is 0.101. The van der Waals surface area contributed by atoms with Gasteiger partial charge in [0.15, 0.2) is 5.78 Å². The van der Waals surface area contributed by atoms with Crippen molar-refractivity contribution in [2.45, 2.75) is 65.6 Å². The molecule has 11 heteroatoms. The molecule has 2 fully saturated rings. The number of ketones is 1. The van der Waals surface area contributed by atoms with Crippen molar-refractivity contribution >= 4 is 40.5 Å². The second-order valence-corrected chi connectivity index (χ2v) is 12.7. The van der Waals surface area contributed by atoms with Crippen molar-refractivity contribution in [3.63, 3.8) is 0 Å². The van der Waals surface area contributed by atoms with Gasteiger partial charge in [0.25, 0.3) is 0 Å². The molecule has 0 aliphatic carbocycles. The number of rotatable bonds is 10. The van der Waals surface area contributed by atoms with Gasteiger partial charge in [-0.2, -0.15) is 0 Å². The lowest BCUT2D eigenvalue weighted by atomic mass is 10.1. The third-order valence-corrected chi connectivity index (χ3v) is 9.72. The fourth-order valence-corrected chi connectivity index (χ4v) is 6.85. The number of hydrogen-bond acceptors (Lipinski definition) is 10. The molecule has 0 bridgehead atoms. The van der Waals surface area contributed by atoms with Crippen LogP contribution in [0.5, 0.6) is 0 Å². The zero-order chi connectivity index (χ0) is 29.8. The Morgan fingerprint density at radius 1 is 1.14 bits per heavy atom. The molecule has 2 aromatic heterocycles. The van der Waals surface area contributed by atoms with Crippen LogP contribution in [0.15, 0.2) is 30.6 Å². The Kier molecular flexibility index (Phi) is 9.88. The highest BCUT2D eigenvalue weighted by Crippen LogP contribution is 2.33. The Hall–Kier alpha value is -2.92. The predicted molar refractivity (Wildman–Crippen MR) is 166 cm³/mol. The third-order valence-electron chi connectivity index (χ3n) is 8.26. The van der Waals surface area contributed by atoms with Gasteiger partial charge in [0.05, 0.1) is 31.1 Å². The Labute approximate surface area is 256 Å². The molecule has 2 atom stereocenters. The number of likely N-dealkylation sites (tertiary alicyclic amines) is 1. The molecule has 2 aliphatic rings. The van der Waals surface area contributed by atoms with Crippen molar-refractivity contribution in [2.75, 3.05) is 44.2 Å². The molecule has 2 aliphatic heterocycles. The van der Waals surface area contributed by atoms with E-state index in [4.69, 9.17) is 21.3 Å². The fourth-order valence-electron chi connectivity index (χ4n) is 5.62. The number of Topliss-reactive ketones (excluding diaryl/α,β-unsaturated/α-hetero) is 1. The highest BCUT2D eigenvalue weighted by molar-refractivity contribution is 7.12. The van der Waals surface area contributed by atoms with Gasteiger partial charge in [-0.25, -0.2) is 15.0 Å². The van der Waals surface area contributed by atoms with Crippen molar-refractivity contribution < 1.29 is 14.3 Å². The largest absolute Gasteiger partial charge is 0.465 e. The number of hydrogen-bond donors (Lipinski definition) is 0. The van der Waals surface area contributed by atoms with Crippen molar-refractivity contribution in [3.05, 3.63) is 56.8 Å². The van der Waals surface area contributed by atoms with E-state index in [2.05, 4.69) is 37.7 Å². The Morgan fingerprint density at radius 3 is 2.57 bits per heavy atom. The summed E-state index contributed by atoms with van der Waals surface area (Å²) in [5, 5.41) is 1.51. The molecule has 1 unspecified atom stereocenters. The molecule has 9 nitrogen and oxygen atoms in total. The number of halogens is 1. The Bertz CT molecular complexity index is 1410. The van der Waals surface area contributed by atoms with Gasteiger partial charge in [0.1, 0.15) is 22.6 Å². The van der Waals surface area contributed by atoms with Crippen LogP contribution in [0.2, 0.25) is 5.02 Å². The molecule has 224 valence electrons. The van der Waals surface area contributed by atoms with E-state index >= 15 is 0 Å². The van der Waals surface area contributed by atoms with Crippen LogP contribution in [0.3, 0.4) is 0 Å². The van der Waals surface area contributed by atoms with E-state index in [1.165, 1.54) is 17.7 Å². The van der Waals surface area contributed by atoms with Crippen molar-refractivity contribution in [1.82, 2.24) is 24.8 Å². The normalized spacial score (nSPS) is 18.8. The van der Waals surface area contributed by atoms with Gasteiger partial charge in [-0.1, -0.05) is 17.7 Å². The van der Waals surface area contributed by atoms with E-state index in [0.29, 0.717) is 18.3 Å². The summed E-state index contributed by atoms with van der Waals surface area (Å²) in [6.07, 6.45) is 5.82. The van der Waals surface area contributed by atoms with Crippen LogP contribution < -0.4 is 4.90 Å². The van der Waals surface area contributed by atoms with Gasteiger partial charge in [-0.15, -0.1) is 11.3 Å². The molecule has 0 saturated carbocycles. The van der Waals surface area contributed by atoms with Gasteiger partial charge in [0, 0.05) is 54.2 Å². The molecular formula is C31H39ClN6O3S. The molecule has 4 heterocycles. The summed E-state index contributed by atoms with van der Waals surface area (Å²) in [5.74, 6) is 0.435. The SMILES string of the molecule is CCOC(=O)C(C)N1CCN(c2cnc(C(=O)Cc3nc(-c4ccc(Cl)c(C)c4)c(CN4CCC[C@H]4C)s3)cn2)CC1. The average Bonchev–Trinajstić information content (AvgIpc) is 3.59. The fraction of sp³-hybridized carbons (Fsp3) is 0.516. The second kappa shape index (κ2) is 13.6. The maximum absolute atomic E-state index is 13.3. The summed E-state index contributed by atoms with van der Waals surface area (Å²) in [6.45, 7) is 13.1. The Balaban J connectivity index is 1.25. The molecular weight excluding hydrogens is 572 g/mol. The number of aryl methyl sites for hydroxylation is 1. The predicted octanol–water partition coefficient (Wildman–Crippen LogP) is 5.05. The van der Waals surface area contributed by atoms with E-state index in [1.54, 1.807) is 23.7 Å². The molecule has 3 aromatic rings. The first-order chi connectivity index (χ1) is 20.2. The number of carbonyl (C=O) groups excluding carboxylic acids is 2. The third kappa shape index (κ3) is 6.99. The van der Waals surface area contributed by atoms with Crippen molar-refractivity contribution in [1.29, 1.82) is 0 Å². The molecule has 2 saturated heterocycles. The molecule has 5 rings (SSSR count). The number of anilines is 1. The monoisotopic (exact) mass is 610 g/mol. The first kappa shape index (κ1) is 30.5. The number of esters is 1. The lowest BCUT2D eigenvalue weighted by molar-refractivity contribution is -0.149. The van der Waals surface area contributed by atoms with Gasteiger partial charge >= 0.3 is 5.97 Å². The van der Waals surface area contributed by atoms with Crippen LogP contribution >= 0.6 is 22.9 Å². The maximum atomic E-state index is 13.3. The van der Waals surface area contributed by atoms with Gasteiger partial charge < -0.3 is 9.64 Å². The van der Waals surface area contributed by atoms with Crippen molar-refractivity contribution in [2.24, 2.45) is 0 Å². The van der Waals surface area contributed by atoms with Crippen molar-refractivity contribution in [3.8, 4) is 11.3 Å². The molecule has 0 N–H and O–H groups in total. The summed E-state index contributed by atoms with van der Waals surface area (Å²) in [7, 11) is 0. The maximum Gasteiger partial charge on any atom is 0.323 e. The van der Waals surface area contributed by atoms with Gasteiger partial charge in [-0.3, -0.25) is 19.4 Å². The smallest absolute Gasteiger partial charge is 0.323 e. The first-order valence-corrected chi connectivity index (χ1v) is 15.9. The van der Waals surface area contributed by atoms with Crippen LogP contribution in [0, 0.1) is 6.92 Å². The van der Waals surface area contributed by atoms with Crippen LogP contribution in [0.25, 0.3) is 11.3 Å². The van der Waals surface area contributed by atoms with Gasteiger partial charge in [-0.05, 0) is 64.8 Å². The van der Waals surface area contributed by atoms with E-state index in [-0.39, 0.29) is 24.2 Å². The zero-order valence-corrected chi connectivity index (χ0v) is 26.4. The summed E-state index contributed by atoms with van der Waals surface area (Å²) >= 11 is 7.91. The highest BCUT2D eigenvalue weighted by atomic mass is 35.5. The minimum Gasteiger partial charge on any atom is -0.465 e. The Morgan fingerprint density at radius 2 is 1.93 bits per heavy atom. The number of thiazole rings is 1. The van der Waals surface area contributed by atoms with Crippen LogP contribution in [0.1, 0.15) is 59.5 Å². The van der Waals surface area contributed by atoms with Crippen LogP contribution in [-0.4, -0.2) is 87.9 Å². The second-order valence-electron chi connectivity index (χ2n) is 11.1. The molecule has 42 heavy (non-hydrogen) atoms. The molecule has 0 amide bonds. The highest BCUT2D eigenvalue weighted by Gasteiger charge is 2.28. The molecule has 1 aromatic carbocycles. The van der Waals surface area contributed by atoms with Crippen LogP contribution in [0.4, 0.5) is 5.82 Å². The van der Waals surface area contributed by atoms with E-state index in [9.17, 15) is 9.59 Å². The summed E-state index contributed by atoms with van der Waals surface area (Å²) in [6, 6.07) is 6.26. The van der Waals surface area contributed by atoms with E-state index in [1.807, 2.05) is 32.9 Å². The summed E-state index contributed by atoms with van der Waals surface area (Å²) in [5.41, 5.74) is 3.29. The lowest BCUT2D eigenvalue weighted by Crippen LogP contribution is -2.52. The summed E-state index contributed by atoms with van der Waals surface area (Å²) < 4.78 is 5.16. The standard InChI is InChI=1S/C31H39ClN6O3S/c1-5-41-31(40)22(4)36-11-13-37(14-12-36)28-18-33-25(17-34-28)26(39)16-29-35-30(23-8-9-24(32)20(2)15-23)27(42-29)19-38-10-6-7-21(38)3/h8-9,15,17-18,21-22H,5-7,10-14,16,19H2,1-4H3/t21-,22?/m1/s1. The lowest BCUT2D eigenvalue weighted by Gasteiger charge is -2.37. The van der Waals surface area contributed by atoms with E-state index in [0.717, 1.165) is 71.9 Å². The average molecular weight is 611 g/mol. The van der Waals surface area contributed by atoms with E-state index < -0.39 is 0 Å². The van der Waals surface area contributed by atoms with Gasteiger partial charge in [0.2, 0.25) is 0 Å². The quantitative estimate of drug-likeness (QED) is 0.231.